The van der Waals surface area contributed by atoms with Gasteiger partial charge in [0, 0.05) is 29.9 Å². The largest absolute Gasteiger partial charge is 0.508 e. The second-order valence-electron chi connectivity index (χ2n) is 8.66. The summed E-state index contributed by atoms with van der Waals surface area (Å²) in [6.07, 6.45) is 1.27. The highest BCUT2D eigenvalue weighted by molar-refractivity contribution is 5.92. The second kappa shape index (κ2) is 11.8. The van der Waals surface area contributed by atoms with Crippen molar-refractivity contribution in [3.8, 4) is 5.75 Å². The fourth-order valence-electron chi connectivity index (χ4n) is 4.00. The van der Waals surface area contributed by atoms with Crippen LogP contribution >= 0.6 is 0 Å². The van der Waals surface area contributed by atoms with Crippen molar-refractivity contribution in [2.24, 2.45) is 5.73 Å². The molecule has 2 atom stereocenters. The van der Waals surface area contributed by atoms with Gasteiger partial charge in [-0.2, -0.15) is 0 Å². The number of amides is 3. The minimum Gasteiger partial charge on any atom is -0.508 e. The van der Waals surface area contributed by atoms with Crippen molar-refractivity contribution in [3.63, 3.8) is 0 Å². The van der Waals surface area contributed by atoms with Gasteiger partial charge in [0.05, 0.1) is 0 Å². The van der Waals surface area contributed by atoms with Gasteiger partial charge in [-0.25, -0.2) is 4.79 Å². The number of phenols is 1. The summed E-state index contributed by atoms with van der Waals surface area (Å²) in [6, 6.07) is 21.0. The molecule has 0 aliphatic rings. The summed E-state index contributed by atoms with van der Waals surface area (Å²) >= 11 is 0. The van der Waals surface area contributed by atoms with Gasteiger partial charge in [0.15, 0.2) is 0 Å². The number of hydrogen-bond acceptors (Lipinski definition) is 5. The third kappa shape index (κ3) is 6.88. The van der Waals surface area contributed by atoms with E-state index < -0.39 is 30.0 Å². The number of hydrogen-bond donors (Lipinski definition) is 5. The van der Waals surface area contributed by atoms with Crippen molar-refractivity contribution in [2.75, 3.05) is 0 Å². The van der Waals surface area contributed by atoms with E-state index in [-0.39, 0.29) is 25.2 Å². The van der Waals surface area contributed by atoms with E-state index in [0.717, 1.165) is 22.0 Å². The number of ether oxygens (including phenoxy) is 1. The number of nitrogens with two attached hydrogens (primary N) is 1. The maximum absolute atomic E-state index is 13.3. The highest BCUT2D eigenvalue weighted by atomic mass is 16.5. The lowest BCUT2D eigenvalue weighted by Gasteiger charge is -2.22. The molecule has 0 spiro atoms. The highest BCUT2D eigenvalue weighted by Crippen LogP contribution is 2.19. The van der Waals surface area contributed by atoms with Crippen LogP contribution < -0.4 is 16.4 Å². The summed E-state index contributed by atoms with van der Waals surface area (Å²) in [5.74, 6) is -1.21. The van der Waals surface area contributed by atoms with E-state index in [1.165, 1.54) is 12.1 Å². The number of fused-ring (bicyclic) bond motifs is 1. The van der Waals surface area contributed by atoms with E-state index in [2.05, 4.69) is 15.6 Å². The number of benzene rings is 3. The summed E-state index contributed by atoms with van der Waals surface area (Å²) in [5, 5.41) is 15.8. The zero-order valence-electron chi connectivity index (χ0n) is 20.0. The average molecular weight is 501 g/mol. The van der Waals surface area contributed by atoms with Gasteiger partial charge in [0.1, 0.15) is 24.4 Å². The number of aromatic hydroxyl groups is 1. The normalized spacial score (nSPS) is 12.4. The lowest BCUT2D eigenvalue weighted by molar-refractivity contribution is -0.128. The first-order valence-corrected chi connectivity index (χ1v) is 11.8. The fraction of sp³-hybridized carbons (Fsp3) is 0.179. The van der Waals surface area contributed by atoms with Gasteiger partial charge in [-0.1, -0.05) is 60.7 Å². The number of carbonyl (C=O) groups excluding carboxylic acids is 3. The van der Waals surface area contributed by atoms with Crippen LogP contribution in [0.3, 0.4) is 0 Å². The van der Waals surface area contributed by atoms with Crippen LogP contribution in [0.1, 0.15) is 16.7 Å². The standard InChI is InChI=1S/C28H28N4O5/c29-26(34)24(15-20-16-30-23-9-5-4-8-22(20)23)31-27(35)25(14-18-10-12-21(33)13-11-18)32-28(36)37-17-19-6-2-1-3-7-19/h1-13,16,24-25,30,33H,14-15,17H2,(H2,29,34)(H,31,35)(H,32,36)/t24-,25-/m0/s1. The number of aromatic nitrogens is 1. The van der Waals surface area contributed by atoms with E-state index in [1.807, 2.05) is 54.6 Å². The molecule has 4 rings (SSSR count). The number of nitrogens with one attached hydrogen (secondary N) is 3. The van der Waals surface area contributed by atoms with Crippen LogP contribution in [-0.2, 0) is 33.8 Å². The number of primary amides is 1. The van der Waals surface area contributed by atoms with E-state index in [0.29, 0.717) is 5.56 Å². The number of para-hydroxylation sites is 1. The molecule has 6 N–H and O–H groups in total. The first-order chi connectivity index (χ1) is 17.9. The van der Waals surface area contributed by atoms with E-state index in [9.17, 15) is 19.5 Å². The summed E-state index contributed by atoms with van der Waals surface area (Å²) in [7, 11) is 0. The van der Waals surface area contributed by atoms with E-state index in [4.69, 9.17) is 10.5 Å². The third-order valence-corrected chi connectivity index (χ3v) is 5.96. The van der Waals surface area contributed by atoms with E-state index >= 15 is 0 Å². The zero-order valence-corrected chi connectivity index (χ0v) is 20.0. The minimum absolute atomic E-state index is 0.0324. The first kappa shape index (κ1) is 25.3. The van der Waals surface area contributed by atoms with Crippen LogP contribution in [0.4, 0.5) is 4.79 Å². The number of rotatable bonds is 10. The van der Waals surface area contributed by atoms with Crippen molar-refractivity contribution in [1.82, 2.24) is 15.6 Å². The lowest BCUT2D eigenvalue weighted by atomic mass is 10.0. The molecule has 1 aromatic heterocycles. The van der Waals surface area contributed by atoms with Crippen molar-refractivity contribution >= 4 is 28.8 Å². The molecule has 0 fully saturated rings. The Labute approximate surface area is 213 Å². The Hall–Kier alpha value is -4.79. The Morgan fingerprint density at radius 3 is 2.27 bits per heavy atom. The molecule has 0 bridgehead atoms. The molecule has 0 unspecified atom stereocenters. The number of aromatic amines is 1. The van der Waals surface area contributed by atoms with Crippen LogP contribution in [0.25, 0.3) is 10.9 Å². The molecule has 0 saturated carbocycles. The molecular weight excluding hydrogens is 472 g/mol. The van der Waals surface area contributed by atoms with Crippen LogP contribution in [0, 0.1) is 0 Å². The molecule has 0 saturated heterocycles. The molecule has 0 radical (unpaired) electrons. The molecule has 3 aromatic carbocycles. The molecular formula is C28H28N4O5. The van der Waals surface area contributed by atoms with Crippen LogP contribution in [0.2, 0.25) is 0 Å². The summed E-state index contributed by atoms with van der Waals surface area (Å²) in [6.45, 7) is 0.0324. The Balaban J connectivity index is 1.47. The van der Waals surface area contributed by atoms with Crippen molar-refractivity contribution in [1.29, 1.82) is 0 Å². The van der Waals surface area contributed by atoms with Gasteiger partial charge in [-0.15, -0.1) is 0 Å². The minimum atomic E-state index is -1.06. The topological polar surface area (TPSA) is 147 Å². The zero-order chi connectivity index (χ0) is 26.2. The maximum atomic E-state index is 13.3. The molecule has 1 heterocycles. The molecule has 4 aromatic rings. The Kier molecular flexibility index (Phi) is 8.05. The van der Waals surface area contributed by atoms with Gasteiger partial charge in [0.25, 0.3) is 0 Å². The molecule has 0 aliphatic carbocycles. The highest BCUT2D eigenvalue weighted by Gasteiger charge is 2.27. The molecule has 9 heteroatoms. The van der Waals surface area contributed by atoms with Crippen molar-refractivity contribution < 1.29 is 24.2 Å². The van der Waals surface area contributed by atoms with Gasteiger partial charge in [-0.05, 0) is 34.9 Å². The van der Waals surface area contributed by atoms with Crippen LogP contribution in [-0.4, -0.2) is 40.1 Å². The smallest absolute Gasteiger partial charge is 0.408 e. The maximum Gasteiger partial charge on any atom is 0.408 e. The van der Waals surface area contributed by atoms with Gasteiger partial charge < -0.3 is 31.2 Å². The summed E-state index contributed by atoms with van der Waals surface area (Å²) < 4.78 is 5.29. The number of H-pyrrole nitrogens is 1. The van der Waals surface area contributed by atoms with Crippen molar-refractivity contribution in [3.05, 3.63) is 102 Å². The Bertz CT molecular complexity index is 1370. The molecule has 190 valence electrons. The van der Waals surface area contributed by atoms with Gasteiger partial charge in [0.2, 0.25) is 11.8 Å². The molecule has 3 amide bonds. The summed E-state index contributed by atoms with van der Waals surface area (Å²) in [5.41, 5.74) is 8.84. The predicted octanol–water partition coefficient (Wildman–Crippen LogP) is 2.92. The van der Waals surface area contributed by atoms with E-state index in [1.54, 1.807) is 18.3 Å². The quantitative estimate of drug-likeness (QED) is 0.227. The van der Waals surface area contributed by atoms with Crippen molar-refractivity contribution in [2.45, 2.75) is 31.5 Å². The SMILES string of the molecule is NC(=O)[C@H](Cc1c[nH]c2ccccc12)NC(=O)[C@H](Cc1ccc(O)cc1)NC(=O)OCc1ccccc1. The molecule has 9 nitrogen and oxygen atoms in total. The summed E-state index contributed by atoms with van der Waals surface area (Å²) in [4.78, 5) is 41.2. The fourth-order valence-corrected chi connectivity index (χ4v) is 4.00. The Morgan fingerprint density at radius 1 is 0.838 bits per heavy atom. The number of carbonyl (C=O) groups is 3. The first-order valence-electron chi connectivity index (χ1n) is 11.8. The predicted molar refractivity (Wildman–Crippen MR) is 138 cm³/mol. The molecule has 0 aliphatic heterocycles. The monoisotopic (exact) mass is 500 g/mol. The number of phenolic OH excluding ortho intramolecular Hbond substituents is 1. The van der Waals surface area contributed by atoms with Gasteiger partial charge in [-0.3, -0.25) is 9.59 Å². The van der Waals surface area contributed by atoms with Crippen LogP contribution in [0.5, 0.6) is 5.75 Å². The average Bonchev–Trinajstić information content (AvgIpc) is 3.31. The lowest BCUT2D eigenvalue weighted by Crippen LogP contribution is -2.54. The Morgan fingerprint density at radius 2 is 1.54 bits per heavy atom. The number of alkyl carbamates (subject to hydrolysis) is 1. The van der Waals surface area contributed by atoms with Gasteiger partial charge >= 0.3 is 6.09 Å². The molecule has 37 heavy (non-hydrogen) atoms. The second-order valence-corrected chi connectivity index (χ2v) is 8.66. The third-order valence-electron chi connectivity index (χ3n) is 5.96. The van der Waals surface area contributed by atoms with Crippen LogP contribution in [0.15, 0.2) is 85.1 Å².